The predicted molar refractivity (Wildman–Crippen MR) is 112 cm³/mol. The lowest BCUT2D eigenvalue weighted by atomic mass is 9.98. The van der Waals surface area contributed by atoms with Gasteiger partial charge in [0, 0.05) is 17.6 Å². The summed E-state index contributed by atoms with van der Waals surface area (Å²) in [7, 11) is 0. The zero-order valence-corrected chi connectivity index (χ0v) is 17.6. The molecule has 6 heteroatoms. The number of nitrogens with one attached hydrogen (secondary N) is 2. The fraction of sp³-hybridized carbons (Fsp3) is 0.636. The number of amides is 2. The molecule has 0 unspecified atom stereocenters. The van der Waals surface area contributed by atoms with Crippen LogP contribution in [0, 0.1) is 0 Å². The van der Waals surface area contributed by atoms with E-state index >= 15 is 0 Å². The molecule has 2 N–H and O–H groups in total. The van der Waals surface area contributed by atoms with Crippen molar-refractivity contribution in [1.29, 1.82) is 0 Å². The number of hydrogen-bond donors (Lipinski definition) is 2. The van der Waals surface area contributed by atoms with Crippen LogP contribution < -0.4 is 15.4 Å². The van der Waals surface area contributed by atoms with Crippen LogP contribution in [-0.4, -0.2) is 55.0 Å². The van der Waals surface area contributed by atoms with Gasteiger partial charge in [0.1, 0.15) is 5.75 Å². The van der Waals surface area contributed by atoms with E-state index < -0.39 is 0 Å². The lowest BCUT2D eigenvalue weighted by Gasteiger charge is -2.41. The van der Waals surface area contributed by atoms with E-state index in [-0.39, 0.29) is 23.9 Å². The van der Waals surface area contributed by atoms with E-state index in [2.05, 4.69) is 36.3 Å². The van der Waals surface area contributed by atoms with Crippen molar-refractivity contribution in [3.05, 3.63) is 29.8 Å². The molecule has 1 aromatic carbocycles. The molecule has 0 atom stereocenters. The minimum absolute atomic E-state index is 0.0241. The van der Waals surface area contributed by atoms with E-state index in [1.165, 1.54) is 19.3 Å². The second kappa shape index (κ2) is 11.1. The number of nitrogens with zero attached hydrogens (tertiary/aromatic N) is 1. The van der Waals surface area contributed by atoms with Crippen molar-refractivity contribution in [3.8, 4) is 5.75 Å². The van der Waals surface area contributed by atoms with Crippen LogP contribution in [0.15, 0.2) is 24.3 Å². The minimum Gasteiger partial charge on any atom is -0.494 e. The number of benzene rings is 1. The first kappa shape index (κ1) is 22.2. The lowest BCUT2D eigenvalue weighted by molar-refractivity contribution is -0.120. The molecule has 28 heavy (non-hydrogen) atoms. The van der Waals surface area contributed by atoms with Crippen LogP contribution in [0.1, 0.15) is 63.2 Å². The van der Waals surface area contributed by atoms with Crippen molar-refractivity contribution in [2.45, 2.75) is 58.4 Å². The first-order chi connectivity index (χ1) is 13.4. The standard InChI is InChI=1S/C22H35N3O3/c1-4-5-15-28-19-11-9-18(10-12-19)21(27)23-16-20(26)24-17-22(2,3)25-13-7-6-8-14-25/h9-12H,4-8,13-17H2,1-3H3,(H,23,27)(H,24,26). The Morgan fingerprint density at radius 1 is 1.07 bits per heavy atom. The normalized spacial score (nSPS) is 15.1. The summed E-state index contributed by atoms with van der Waals surface area (Å²) in [5.74, 6) is 0.325. The van der Waals surface area contributed by atoms with Crippen LogP contribution >= 0.6 is 0 Å². The van der Waals surface area contributed by atoms with E-state index in [1.54, 1.807) is 24.3 Å². The summed E-state index contributed by atoms with van der Waals surface area (Å²) in [5, 5.41) is 5.63. The SMILES string of the molecule is CCCCOc1ccc(C(=O)NCC(=O)NCC(C)(C)N2CCCCC2)cc1. The second-order valence-corrected chi connectivity index (χ2v) is 8.05. The third kappa shape index (κ3) is 7.15. The molecule has 0 radical (unpaired) electrons. The Hall–Kier alpha value is -2.08. The average Bonchev–Trinajstić information content (AvgIpc) is 2.72. The van der Waals surface area contributed by atoms with Crippen LogP contribution in [0.4, 0.5) is 0 Å². The number of piperidine rings is 1. The second-order valence-electron chi connectivity index (χ2n) is 8.05. The highest BCUT2D eigenvalue weighted by molar-refractivity contribution is 5.96. The van der Waals surface area contributed by atoms with E-state index in [0.29, 0.717) is 18.7 Å². The molecule has 0 spiro atoms. The molecule has 0 bridgehead atoms. The Morgan fingerprint density at radius 3 is 2.39 bits per heavy atom. The fourth-order valence-electron chi connectivity index (χ4n) is 3.29. The summed E-state index contributed by atoms with van der Waals surface area (Å²) >= 11 is 0. The maximum atomic E-state index is 12.2. The summed E-state index contributed by atoms with van der Waals surface area (Å²) < 4.78 is 5.59. The summed E-state index contributed by atoms with van der Waals surface area (Å²) in [6.07, 6.45) is 5.81. The van der Waals surface area contributed by atoms with Gasteiger partial charge >= 0.3 is 0 Å². The highest BCUT2D eigenvalue weighted by Gasteiger charge is 2.28. The van der Waals surface area contributed by atoms with Crippen LogP contribution in [0.3, 0.4) is 0 Å². The zero-order chi connectivity index (χ0) is 20.4. The minimum atomic E-state index is -0.259. The van der Waals surface area contributed by atoms with E-state index in [1.807, 2.05) is 0 Å². The number of likely N-dealkylation sites (tertiary alicyclic amines) is 1. The van der Waals surface area contributed by atoms with Gasteiger partial charge in [0.15, 0.2) is 0 Å². The number of carbonyl (C=O) groups is 2. The topological polar surface area (TPSA) is 70.7 Å². The fourth-order valence-corrected chi connectivity index (χ4v) is 3.29. The monoisotopic (exact) mass is 389 g/mol. The van der Waals surface area contributed by atoms with Gasteiger partial charge in [0.05, 0.1) is 13.2 Å². The molecule has 156 valence electrons. The Bertz CT molecular complexity index is 622. The molecule has 1 aliphatic rings. The van der Waals surface area contributed by atoms with Crippen molar-refractivity contribution < 1.29 is 14.3 Å². The highest BCUT2D eigenvalue weighted by Crippen LogP contribution is 2.19. The van der Waals surface area contributed by atoms with Crippen molar-refractivity contribution in [3.63, 3.8) is 0 Å². The van der Waals surface area contributed by atoms with Crippen LogP contribution in [0.2, 0.25) is 0 Å². The summed E-state index contributed by atoms with van der Waals surface area (Å²) in [6.45, 7) is 9.81. The largest absolute Gasteiger partial charge is 0.494 e. The maximum absolute atomic E-state index is 12.2. The van der Waals surface area contributed by atoms with Crippen molar-refractivity contribution >= 4 is 11.8 Å². The number of ether oxygens (including phenoxy) is 1. The summed E-state index contributed by atoms with van der Waals surface area (Å²) in [6, 6.07) is 7.00. The molecule has 2 rings (SSSR count). The Kier molecular flexibility index (Phi) is 8.77. The molecule has 0 aromatic heterocycles. The summed E-state index contributed by atoms with van der Waals surface area (Å²) in [4.78, 5) is 26.8. The van der Waals surface area contributed by atoms with Gasteiger partial charge in [-0.2, -0.15) is 0 Å². The summed E-state index contributed by atoms with van der Waals surface area (Å²) in [5.41, 5.74) is 0.442. The Labute approximate surface area is 169 Å². The maximum Gasteiger partial charge on any atom is 0.251 e. The molecule has 6 nitrogen and oxygen atoms in total. The first-order valence-corrected chi connectivity index (χ1v) is 10.4. The average molecular weight is 390 g/mol. The molecule has 0 saturated carbocycles. The van der Waals surface area contributed by atoms with Crippen molar-refractivity contribution in [2.24, 2.45) is 0 Å². The van der Waals surface area contributed by atoms with E-state index in [0.717, 1.165) is 31.7 Å². The molecule has 1 fully saturated rings. The highest BCUT2D eigenvalue weighted by atomic mass is 16.5. The van der Waals surface area contributed by atoms with Crippen LogP contribution in [-0.2, 0) is 4.79 Å². The van der Waals surface area contributed by atoms with Crippen LogP contribution in [0.25, 0.3) is 0 Å². The molecule has 1 aromatic rings. The van der Waals surface area contributed by atoms with Gasteiger partial charge in [-0.15, -0.1) is 0 Å². The number of unbranched alkanes of at least 4 members (excludes halogenated alkanes) is 1. The first-order valence-electron chi connectivity index (χ1n) is 10.4. The van der Waals surface area contributed by atoms with Crippen molar-refractivity contribution in [1.82, 2.24) is 15.5 Å². The molecule has 2 amide bonds. The third-order valence-electron chi connectivity index (χ3n) is 5.22. The molecule has 1 aliphatic heterocycles. The molecular weight excluding hydrogens is 354 g/mol. The number of rotatable bonds is 10. The Morgan fingerprint density at radius 2 is 1.75 bits per heavy atom. The van der Waals surface area contributed by atoms with Gasteiger partial charge in [-0.05, 0) is 70.5 Å². The molecule has 1 heterocycles. The quantitative estimate of drug-likeness (QED) is 0.604. The molecule has 0 aliphatic carbocycles. The van der Waals surface area contributed by atoms with Crippen LogP contribution in [0.5, 0.6) is 5.75 Å². The van der Waals surface area contributed by atoms with Gasteiger partial charge in [0.2, 0.25) is 5.91 Å². The van der Waals surface area contributed by atoms with Gasteiger partial charge in [0.25, 0.3) is 5.91 Å². The smallest absolute Gasteiger partial charge is 0.251 e. The number of hydrogen-bond acceptors (Lipinski definition) is 4. The van der Waals surface area contributed by atoms with Gasteiger partial charge < -0.3 is 15.4 Å². The van der Waals surface area contributed by atoms with E-state index in [9.17, 15) is 9.59 Å². The molecule has 1 saturated heterocycles. The predicted octanol–water partition coefficient (Wildman–Crippen LogP) is 2.98. The van der Waals surface area contributed by atoms with Crippen molar-refractivity contribution in [2.75, 3.05) is 32.8 Å². The molecular formula is C22H35N3O3. The lowest BCUT2D eigenvalue weighted by Crippen LogP contribution is -2.54. The Balaban J connectivity index is 1.72. The third-order valence-corrected chi connectivity index (χ3v) is 5.22. The number of carbonyl (C=O) groups excluding carboxylic acids is 2. The van der Waals surface area contributed by atoms with Gasteiger partial charge in [-0.3, -0.25) is 14.5 Å². The zero-order valence-electron chi connectivity index (χ0n) is 17.6. The van der Waals surface area contributed by atoms with Gasteiger partial charge in [-0.25, -0.2) is 0 Å². The van der Waals surface area contributed by atoms with Gasteiger partial charge in [-0.1, -0.05) is 19.8 Å². The van der Waals surface area contributed by atoms with E-state index in [4.69, 9.17) is 4.74 Å².